The number of piperidine rings is 1. The van der Waals surface area contributed by atoms with E-state index in [0.717, 1.165) is 48.0 Å². The summed E-state index contributed by atoms with van der Waals surface area (Å²) in [7, 11) is 3.08. The molecule has 1 aliphatic carbocycles. The van der Waals surface area contributed by atoms with Gasteiger partial charge in [-0.1, -0.05) is 6.07 Å². The summed E-state index contributed by atoms with van der Waals surface area (Å²) < 4.78 is 18.3. The van der Waals surface area contributed by atoms with Crippen molar-refractivity contribution in [3.05, 3.63) is 56.0 Å². The number of imidazole rings is 1. The van der Waals surface area contributed by atoms with Gasteiger partial charge in [-0.05, 0) is 49.4 Å². The number of anilines is 1. The summed E-state index contributed by atoms with van der Waals surface area (Å²) in [4.78, 5) is 32.6. The lowest BCUT2D eigenvalue weighted by molar-refractivity contribution is 0.377. The van der Waals surface area contributed by atoms with Crippen LogP contribution in [0.15, 0.2) is 27.8 Å². The van der Waals surface area contributed by atoms with Gasteiger partial charge in [0.2, 0.25) is 5.95 Å². The number of rotatable bonds is 3. The average molecular weight is 426 g/mol. The number of fused-ring (bicyclic) bond motifs is 1. The first-order valence-electron chi connectivity index (χ1n) is 10.6. The molecule has 1 spiro atoms. The Morgan fingerprint density at radius 3 is 2.71 bits per heavy atom. The molecular formula is C22H27FN6O2. The van der Waals surface area contributed by atoms with Crippen LogP contribution in [-0.4, -0.2) is 37.8 Å². The second-order valence-electron chi connectivity index (χ2n) is 9.14. The van der Waals surface area contributed by atoms with Crippen molar-refractivity contribution in [1.82, 2.24) is 18.7 Å². The maximum atomic E-state index is 14.0. The van der Waals surface area contributed by atoms with E-state index >= 15 is 0 Å². The Morgan fingerprint density at radius 2 is 2.00 bits per heavy atom. The molecule has 0 amide bonds. The monoisotopic (exact) mass is 426 g/mol. The van der Waals surface area contributed by atoms with Gasteiger partial charge in [-0.3, -0.25) is 18.5 Å². The fourth-order valence-corrected chi connectivity index (χ4v) is 4.99. The minimum absolute atomic E-state index is 0.104. The Labute approximate surface area is 178 Å². The zero-order valence-corrected chi connectivity index (χ0v) is 18.1. The van der Waals surface area contributed by atoms with Crippen LogP contribution < -0.4 is 21.9 Å². The van der Waals surface area contributed by atoms with Crippen molar-refractivity contribution in [2.75, 3.05) is 18.0 Å². The van der Waals surface area contributed by atoms with Crippen molar-refractivity contribution >= 4 is 17.1 Å². The van der Waals surface area contributed by atoms with Crippen LogP contribution in [-0.2, 0) is 20.6 Å². The molecule has 2 atom stereocenters. The van der Waals surface area contributed by atoms with Crippen molar-refractivity contribution in [3.63, 3.8) is 0 Å². The molecule has 8 nitrogen and oxygen atoms in total. The zero-order chi connectivity index (χ0) is 22.1. The molecule has 3 heterocycles. The topological polar surface area (TPSA) is 91.1 Å². The molecule has 5 rings (SSSR count). The second-order valence-corrected chi connectivity index (χ2v) is 9.14. The molecular weight excluding hydrogens is 399 g/mol. The summed E-state index contributed by atoms with van der Waals surface area (Å²) in [5, 5.41) is 0. The van der Waals surface area contributed by atoms with Gasteiger partial charge in [-0.2, -0.15) is 4.98 Å². The van der Waals surface area contributed by atoms with Crippen molar-refractivity contribution in [2.24, 2.45) is 25.2 Å². The maximum Gasteiger partial charge on any atom is 0.332 e. The van der Waals surface area contributed by atoms with Crippen LogP contribution in [0, 0.1) is 18.2 Å². The molecule has 1 saturated carbocycles. The molecule has 164 valence electrons. The standard InChI is InChI=1S/C22H27FN6O2/c1-13-5-6-15(23)9-14(13)11-29-17-18(26(2)21(31)27(3)19(17)30)25-20(29)28-8-4-7-22(12-28)10-16(22)24/h5-6,9,16H,4,7-8,10-12,24H2,1-3H3. The van der Waals surface area contributed by atoms with E-state index in [1.165, 1.54) is 23.7 Å². The summed E-state index contributed by atoms with van der Waals surface area (Å²) >= 11 is 0. The van der Waals surface area contributed by atoms with E-state index in [1.54, 1.807) is 13.1 Å². The molecule has 2 unspecified atom stereocenters. The van der Waals surface area contributed by atoms with Gasteiger partial charge in [-0.25, -0.2) is 9.18 Å². The number of aromatic nitrogens is 4. The lowest BCUT2D eigenvalue weighted by Crippen LogP contribution is -2.40. The number of nitrogens with zero attached hydrogens (tertiary/aromatic N) is 5. The van der Waals surface area contributed by atoms with E-state index < -0.39 is 11.2 Å². The largest absolute Gasteiger partial charge is 0.342 e. The van der Waals surface area contributed by atoms with Crippen LogP contribution in [0.5, 0.6) is 0 Å². The van der Waals surface area contributed by atoms with Gasteiger partial charge < -0.3 is 10.6 Å². The zero-order valence-electron chi connectivity index (χ0n) is 18.1. The third kappa shape index (κ3) is 3.02. The third-order valence-corrected chi connectivity index (χ3v) is 7.11. The summed E-state index contributed by atoms with van der Waals surface area (Å²) in [5.41, 5.74) is 7.91. The van der Waals surface area contributed by atoms with Crippen LogP contribution in [0.4, 0.5) is 10.3 Å². The Balaban J connectivity index is 1.72. The summed E-state index contributed by atoms with van der Waals surface area (Å²) in [6, 6.07) is 4.84. The van der Waals surface area contributed by atoms with Gasteiger partial charge >= 0.3 is 5.69 Å². The van der Waals surface area contributed by atoms with E-state index in [4.69, 9.17) is 10.7 Å². The van der Waals surface area contributed by atoms with Crippen molar-refractivity contribution in [1.29, 1.82) is 0 Å². The normalized spacial score (nSPS) is 23.1. The summed E-state index contributed by atoms with van der Waals surface area (Å²) in [6.07, 6.45) is 3.08. The fourth-order valence-electron chi connectivity index (χ4n) is 4.99. The summed E-state index contributed by atoms with van der Waals surface area (Å²) in [6.45, 7) is 3.78. The number of halogens is 1. The lowest BCUT2D eigenvalue weighted by Gasteiger charge is -2.34. The number of nitrogens with two attached hydrogens (primary N) is 1. The van der Waals surface area contributed by atoms with Crippen LogP contribution >= 0.6 is 0 Å². The molecule has 2 aromatic heterocycles. The molecule has 9 heteroatoms. The van der Waals surface area contributed by atoms with Gasteiger partial charge in [0.05, 0.1) is 6.54 Å². The third-order valence-electron chi connectivity index (χ3n) is 7.11. The highest BCUT2D eigenvalue weighted by molar-refractivity contribution is 5.75. The Morgan fingerprint density at radius 1 is 1.26 bits per heavy atom. The number of hydrogen-bond acceptors (Lipinski definition) is 5. The van der Waals surface area contributed by atoms with E-state index in [2.05, 4.69) is 4.90 Å². The summed E-state index contributed by atoms with van der Waals surface area (Å²) in [5.74, 6) is 0.308. The highest BCUT2D eigenvalue weighted by atomic mass is 19.1. The van der Waals surface area contributed by atoms with Crippen LogP contribution in [0.1, 0.15) is 30.4 Å². The molecule has 1 aliphatic heterocycles. The van der Waals surface area contributed by atoms with E-state index in [9.17, 15) is 14.0 Å². The molecule has 2 aliphatic rings. The highest BCUT2D eigenvalue weighted by Gasteiger charge is 2.54. The first kappa shape index (κ1) is 20.0. The van der Waals surface area contributed by atoms with Crippen LogP contribution in [0.2, 0.25) is 0 Å². The minimum atomic E-state index is -0.421. The average Bonchev–Trinajstić information content (AvgIpc) is 3.18. The van der Waals surface area contributed by atoms with E-state index in [-0.39, 0.29) is 17.3 Å². The van der Waals surface area contributed by atoms with Gasteiger partial charge in [0.25, 0.3) is 5.56 Å². The maximum absolute atomic E-state index is 14.0. The van der Waals surface area contributed by atoms with Crippen LogP contribution in [0.3, 0.4) is 0 Å². The number of benzene rings is 1. The smallest absolute Gasteiger partial charge is 0.332 e. The fraction of sp³-hybridized carbons (Fsp3) is 0.500. The SMILES string of the molecule is Cc1ccc(F)cc1Cn1c(N2CCCC3(CC3N)C2)nc2c1c(=O)n(C)c(=O)n2C. The van der Waals surface area contributed by atoms with E-state index in [0.29, 0.717) is 23.7 Å². The molecule has 1 saturated heterocycles. The van der Waals surface area contributed by atoms with Crippen molar-refractivity contribution in [3.8, 4) is 0 Å². The predicted molar refractivity (Wildman–Crippen MR) is 117 cm³/mol. The van der Waals surface area contributed by atoms with Crippen LogP contribution in [0.25, 0.3) is 11.2 Å². The Kier molecular flexibility index (Phi) is 4.37. The molecule has 0 radical (unpaired) electrons. The number of aryl methyl sites for hydroxylation is 2. The first-order chi connectivity index (χ1) is 14.7. The Hall–Kier alpha value is -2.94. The van der Waals surface area contributed by atoms with Gasteiger partial charge in [-0.15, -0.1) is 0 Å². The Bertz CT molecular complexity index is 1320. The van der Waals surface area contributed by atoms with Crippen molar-refractivity contribution in [2.45, 2.75) is 38.8 Å². The quantitative estimate of drug-likeness (QED) is 0.681. The predicted octanol–water partition coefficient (Wildman–Crippen LogP) is 1.25. The molecule has 3 aromatic rings. The lowest BCUT2D eigenvalue weighted by atomic mass is 9.94. The first-order valence-corrected chi connectivity index (χ1v) is 10.6. The van der Waals surface area contributed by atoms with Gasteiger partial charge in [0.15, 0.2) is 11.2 Å². The molecule has 1 aromatic carbocycles. The molecule has 0 bridgehead atoms. The number of hydrogen-bond donors (Lipinski definition) is 1. The highest BCUT2D eigenvalue weighted by Crippen LogP contribution is 2.51. The second kappa shape index (κ2) is 6.78. The van der Waals surface area contributed by atoms with Crippen molar-refractivity contribution < 1.29 is 4.39 Å². The van der Waals surface area contributed by atoms with Gasteiger partial charge in [0, 0.05) is 38.6 Å². The minimum Gasteiger partial charge on any atom is -0.342 e. The molecule has 2 N–H and O–H groups in total. The van der Waals surface area contributed by atoms with E-state index in [1.807, 2.05) is 11.5 Å². The van der Waals surface area contributed by atoms with Gasteiger partial charge in [0.1, 0.15) is 5.82 Å². The molecule has 2 fully saturated rings. The molecule has 31 heavy (non-hydrogen) atoms.